The van der Waals surface area contributed by atoms with Crippen LogP contribution < -0.4 is 0 Å². The summed E-state index contributed by atoms with van der Waals surface area (Å²) in [5.74, 6) is -3.71. The Labute approximate surface area is 78.9 Å². The van der Waals surface area contributed by atoms with Crippen molar-refractivity contribution in [2.24, 2.45) is 0 Å². The highest BCUT2D eigenvalue weighted by Crippen LogP contribution is 2.24. The first-order chi connectivity index (χ1) is 6.46. The van der Waals surface area contributed by atoms with E-state index in [0.29, 0.717) is 7.69 Å². The van der Waals surface area contributed by atoms with E-state index in [1.165, 1.54) is 0 Å². The summed E-state index contributed by atoms with van der Waals surface area (Å²) in [7, 11) is 0.545. The monoisotopic (exact) mass is 201 g/mol. The van der Waals surface area contributed by atoms with E-state index in [1.807, 2.05) is 0 Å². The normalized spacial score (nSPS) is 26.1. The minimum absolute atomic E-state index is 0.545. The highest BCUT2D eigenvalue weighted by molar-refractivity contribution is 6.25. The van der Waals surface area contributed by atoms with E-state index in [-0.39, 0.29) is 0 Å². The lowest BCUT2D eigenvalue weighted by atomic mass is 9.92. The quantitative estimate of drug-likeness (QED) is 0.550. The number of rotatable bonds is 3. The van der Waals surface area contributed by atoms with Crippen LogP contribution in [-0.2, 0) is 23.7 Å². The predicted molar refractivity (Wildman–Crippen MR) is 40.2 cm³/mol. The molecule has 1 rings (SSSR count). The Bertz CT molecular complexity index is 284. The summed E-state index contributed by atoms with van der Waals surface area (Å²) >= 11 is 0. The van der Waals surface area contributed by atoms with Gasteiger partial charge in [0.2, 0.25) is 0 Å². The summed E-state index contributed by atoms with van der Waals surface area (Å²) in [6.07, 6.45) is -1.42. The number of carboxylic acid groups (broad SMARTS) is 2. The fraction of sp³-hybridized carbons (Fsp3) is 0.500. The van der Waals surface area contributed by atoms with Gasteiger partial charge in [-0.25, -0.2) is 4.79 Å². The van der Waals surface area contributed by atoms with Crippen LogP contribution in [0.4, 0.5) is 0 Å². The van der Waals surface area contributed by atoms with Crippen LogP contribution in [0.1, 0.15) is 12.8 Å². The van der Waals surface area contributed by atoms with Crippen molar-refractivity contribution in [3.8, 4) is 0 Å². The number of carboxylic acids is 2. The van der Waals surface area contributed by atoms with Crippen molar-refractivity contribution in [3.63, 3.8) is 0 Å². The first kappa shape index (κ1) is 10.5. The molecule has 0 aromatic heterocycles. The summed E-state index contributed by atoms with van der Waals surface area (Å²) in [5, 5.41) is 17.2. The molecule has 2 N–H and O–H groups in total. The van der Waals surface area contributed by atoms with Gasteiger partial charge in [0, 0.05) is 0 Å². The largest absolute Gasteiger partial charge is 0.575 e. The number of carbonyl (C=O) groups is 3. The van der Waals surface area contributed by atoms with E-state index < -0.39 is 36.4 Å². The highest BCUT2D eigenvalue weighted by Gasteiger charge is 2.47. The lowest BCUT2D eigenvalue weighted by Crippen LogP contribution is -2.50. The first-order valence-corrected chi connectivity index (χ1v) is 3.60. The smallest absolute Gasteiger partial charge is 0.511 e. The van der Waals surface area contributed by atoms with Crippen molar-refractivity contribution in [3.05, 3.63) is 0 Å². The molecule has 1 aliphatic heterocycles. The Morgan fingerprint density at radius 1 is 1.50 bits per heavy atom. The van der Waals surface area contributed by atoms with Gasteiger partial charge in [-0.3, -0.25) is 9.59 Å². The van der Waals surface area contributed by atoms with Crippen molar-refractivity contribution in [1.29, 1.82) is 0 Å². The zero-order valence-corrected chi connectivity index (χ0v) is 6.93. The zero-order chi connectivity index (χ0) is 10.8. The molecule has 8 heteroatoms. The maximum Gasteiger partial charge on any atom is 0.575 e. The molecule has 7 nitrogen and oxygen atoms in total. The van der Waals surface area contributed by atoms with E-state index >= 15 is 0 Å². The molecule has 0 spiro atoms. The van der Waals surface area contributed by atoms with E-state index in [4.69, 9.17) is 10.2 Å². The third-order valence-electron chi connectivity index (χ3n) is 1.71. The predicted octanol–water partition coefficient (Wildman–Crippen LogP) is -1.22. The van der Waals surface area contributed by atoms with E-state index in [1.54, 1.807) is 0 Å². The van der Waals surface area contributed by atoms with Crippen molar-refractivity contribution < 1.29 is 33.9 Å². The third-order valence-corrected chi connectivity index (χ3v) is 1.71. The zero-order valence-electron chi connectivity index (χ0n) is 6.93. The van der Waals surface area contributed by atoms with Crippen LogP contribution in [0.3, 0.4) is 0 Å². The van der Waals surface area contributed by atoms with Crippen LogP contribution in [0.5, 0.6) is 0 Å². The lowest BCUT2D eigenvalue weighted by Gasteiger charge is -2.30. The van der Waals surface area contributed by atoms with Gasteiger partial charge in [-0.2, -0.15) is 0 Å². The molecule has 1 saturated heterocycles. The van der Waals surface area contributed by atoms with Gasteiger partial charge in [-0.1, -0.05) is 0 Å². The number of aliphatic carboxylic acids is 2. The van der Waals surface area contributed by atoms with Crippen LogP contribution in [0.15, 0.2) is 0 Å². The summed E-state index contributed by atoms with van der Waals surface area (Å²) < 4.78 is 8.78. The van der Waals surface area contributed by atoms with E-state index in [0.717, 1.165) is 0 Å². The van der Waals surface area contributed by atoms with Gasteiger partial charge in [-0.15, -0.1) is 0 Å². The molecule has 0 aromatic carbocycles. The second kappa shape index (κ2) is 3.66. The maximum absolute atomic E-state index is 10.8. The number of carbonyl (C=O) groups excluding carboxylic acids is 1. The molecule has 1 radical (unpaired) electrons. The van der Waals surface area contributed by atoms with E-state index in [9.17, 15) is 14.4 Å². The van der Waals surface area contributed by atoms with Crippen molar-refractivity contribution in [1.82, 2.24) is 0 Å². The Morgan fingerprint density at radius 2 is 2.14 bits per heavy atom. The molecular formula is C6H6BO7. The number of hydrogen-bond acceptors (Lipinski definition) is 5. The van der Waals surface area contributed by atoms with Crippen LogP contribution in [0.2, 0.25) is 0 Å². The van der Waals surface area contributed by atoms with Gasteiger partial charge in [0.1, 0.15) is 0 Å². The Kier molecular flexibility index (Phi) is 2.75. The summed E-state index contributed by atoms with van der Waals surface area (Å²) in [5.41, 5.74) is -2.04. The number of hydrogen-bond donors (Lipinski definition) is 2. The molecule has 0 amide bonds. The Hall–Kier alpha value is -1.57. The molecule has 1 aliphatic rings. The molecule has 0 aliphatic carbocycles. The topological polar surface area (TPSA) is 110 Å². The van der Waals surface area contributed by atoms with Crippen LogP contribution >= 0.6 is 0 Å². The average molecular weight is 201 g/mol. The van der Waals surface area contributed by atoms with Crippen molar-refractivity contribution in [2.75, 3.05) is 0 Å². The maximum atomic E-state index is 10.8. The summed E-state index contributed by atoms with van der Waals surface area (Å²) in [6.45, 7) is 0. The lowest BCUT2D eigenvalue weighted by molar-refractivity contribution is -0.173. The van der Waals surface area contributed by atoms with Crippen LogP contribution in [0.25, 0.3) is 0 Å². The second-order valence-electron chi connectivity index (χ2n) is 2.75. The SMILES string of the molecule is O=C(O)CC1(C(=O)O)CC(=O)O[B]O1. The molecule has 0 aromatic rings. The minimum atomic E-state index is -2.04. The second-order valence-corrected chi connectivity index (χ2v) is 2.75. The van der Waals surface area contributed by atoms with Gasteiger partial charge >= 0.3 is 19.6 Å². The fourth-order valence-corrected chi connectivity index (χ4v) is 1.04. The van der Waals surface area contributed by atoms with Crippen LogP contribution in [0, 0.1) is 0 Å². The minimum Gasteiger partial charge on any atom is -0.511 e. The Morgan fingerprint density at radius 3 is 2.57 bits per heavy atom. The summed E-state index contributed by atoms with van der Waals surface area (Å²) in [4.78, 5) is 31.9. The fourth-order valence-electron chi connectivity index (χ4n) is 1.04. The standard InChI is InChI=1S/C6H6BO7/c8-3(9)1-6(5(11)12)2-4(10)13-7-14-6/h1-2H2,(H,8,9)(H,11,12). The Balaban J connectivity index is 2.85. The van der Waals surface area contributed by atoms with Crippen LogP contribution in [-0.4, -0.2) is 41.4 Å². The molecular weight excluding hydrogens is 195 g/mol. The molecule has 0 bridgehead atoms. The molecule has 1 heterocycles. The third kappa shape index (κ3) is 2.02. The van der Waals surface area contributed by atoms with Gasteiger partial charge in [0.15, 0.2) is 5.60 Å². The van der Waals surface area contributed by atoms with Gasteiger partial charge in [-0.05, 0) is 0 Å². The average Bonchev–Trinajstić information content (AvgIpc) is 2.02. The van der Waals surface area contributed by atoms with Crippen molar-refractivity contribution >= 4 is 25.6 Å². The molecule has 14 heavy (non-hydrogen) atoms. The molecule has 0 saturated carbocycles. The molecule has 1 unspecified atom stereocenters. The highest BCUT2D eigenvalue weighted by atomic mass is 16.6. The molecule has 1 atom stereocenters. The first-order valence-electron chi connectivity index (χ1n) is 3.60. The van der Waals surface area contributed by atoms with E-state index in [2.05, 4.69) is 9.31 Å². The molecule has 1 fully saturated rings. The molecule has 75 valence electrons. The van der Waals surface area contributed by atoms with Gasteiger partial charge < -0.3 is 19.5 Å². The summed E-state index contributed by atoms with van der Waals surface area (Å²) in [6, 6.07) is 0. The van der Waals surface area contributed by atoms with Crippen molar-refractivity contribution in [2.45, 2.75) is 18.4 Å². The van der Waals surface area contributed by atoms with Gasteiger partial charge in [0.25, 0.3) is 5.97 Å². The van der Waals surface area contributed by atoms with Gasteiger partial charge in [0.05, 0.1) is 12.8 Å².